The van der Waals surface area contributed by atoms with Gasteiger partial charge in [-0.05, 0) is 24.3 Å². The molecule has 0 spiro atoms. The van der Waals surface area contributed by atoms with Crippen LogP contribution in [-0.2, 0) is 11.3 Å². The van der Waals surface area contributed by atoms with Crippen LogP contribution in [0.2, 0.25) is 0 Å². The zero-order valence-electron chi connectivity index (χ0n) is 12.6. The van der Waals surface area contributed by atoms with Gasteiger partial charge in [0.15, 0.2) is 0 Å². The third kappa shape index (κ3) is 2.99. The van der Waals surface area contributed by atoms with Gasteiger partial charge in [0.25, 0.3) is 0 Å². The average Bonchev–Trinajstić information content (AvgIpc) is 2.98. The van der Waals surface area contributed by atoms with Gasteiger partial charge < -0.3 is 19.9 Å². The second-order valence-electron chi connectivity index (χ2n) is 5.75. The quantitative estimate of drug-likeness (QED) is 0.716. The van der Waals surface area contributed by atoms with Crippen molar-refractivity contribution in [1.29, 1.82) is 0 Å². The molecule has 0 radical (unpaired) electrons. The van der Waals surface area contributed by atoms with E-state index in [0.29, 0.717) is 19.8 Å². The van der Waals surface area contributed by atoms with E-state index in [1.165, 1.54) is 0 Å². The van der Waals surface area contributed by atoms with Gasteiger partial charge in [-0.25, -0.2) is 0 Å². The van der Waals surface area contributed by atoms with Gasteiger partial charge in [-0.15, -0.1) is 0 Å². The first kappa shape index (κ1) is 15.0. The monoisotopic (exact) mass is 303 g/mol. The summed E-state index contributed by atoms with van der Waals surface area (Å²) in [7, 11) is 1.65. The highest BCUT2D eigenvalue weighted by molar-refractivity contribution is 5.63. The van der Waals surface area contributed by atoms with E-state index in [1.807, 2.05) is 30.5 Å². The number of rotatable bonds is 7. The second kappa shape index (κ2) is 6.48. The number of benzene rings is 1. The Kier molecular flexibility index (Phi) is 4.42. The fourth-order valence-corrected chi connectivity index (χ4v) is 2.56. The largest absolute Gasteiger partial charge is 0.497 e. The van der Waals surface area contributed by atoms with Crippen molar-refractivity contribution in [2.24, 2.45) is 5.41 Å². The Hall–Kier alpha value is -1.89. The van der Waals surface area contributed by atoms with E-state index in [0.717, 1.165) is 29.1 Å². The topological polar surface area (TPSA) is 79.4 Å². The lowest BCUT2D eigenvalue weighted by atomic mass is 9.87. The summed E-state index contributed by atoms with van der Waals surface area (Å²) < 4.78 is 10.4. The molecule has 22 heavy (non-hydrogen) atoms. The molecule has 0 unspecified atom stereocenters. The van der Waals surface area contributed by atoms with Crippen LogP contribution in [0.15, 0.2) is 30.5 Å². The molecular weight excluding hydrogens is 282 g/mol. The summed E-state index contributed by atoms with van der Waals surface area (Å²) in [6, 6.07) is 7.87. The fourth-order valence-electron chi connectivity index (χ4n) is 2.56. The van der Waals surface area contributed by atoms with Crippen molar-refractivity contribution in [3.8, 4) is 17.0 Å². The van der Waals surface area contributed by atoms with Crippen LogP contribution in [0.25, 0.3) is 11.3 Å². The number of nitrogens with one attached hydrogen (secondary N) is 2. The molecule has 0 saturated carbocycles. The van der Waals surface area contributed by atoms with Crippen molar-refractivity contribution in [2.75, 3.05) is 33.5 Å². The number of nitrogens with zero attached hydrogens (tertiary/aromatic N) is 1. The van der Waals surface area contributed by atoms with Crippen molar-refractivity contribution in [3.63, 3.8) is 0 Å². The molecule has 1 fully saturated rings. The highest BCUT2D eigenvalue weighted by atomic mass is 16.5. The summed E-state index contributed by atoms with van der Waals surface area (Å²) in [5, 5.41) is 20.0. The highest BCUT2D eigenvalue weighted by Crippen LogP contribution is 2.27. The zero-order chi connectivity index (χ0) is 15.4. The molecule has 0 atom stereocenters. The normalized spacial score (nSPS) is 16.3. The standard InChI is InChI=1S/C16H21N3O3/c1-21-14-4-2-12(3-5-14)15-13(7-18-19-15)6-17-8-16(9-20)10-22-11-16/h2-5,7,17,20H,6,8-11H2,1H3,(H,18,19). The number of hydrogen-bond donors (Lipinski definition) is 3. The number of aliphatic hydroxyl groups excluding tert-OH is 1. The van der Waals surface area contributed by atoms with Gasteiger partial charge in [-0.2, -0.15) is 5.10 Å². The van der Waals surface area contributed by atoms with Gasteiger partial charge in [-0.3, -0.25) is 5.10 Å². The van der Waals surface area contributed by atoms with Crippen LogP contribution in [0.4, 0.5) is 0 Å². The molecule has 3 N–H and O–H groups in total. The van der Waals surface area contributed by atoms with Gasteiger partial charge in [0, 0.05) is 24.2 Å². The Balaban J connectivity index is 1.64. The third-order valence-electron chi connectivity index (χ3n) is 4.06. The average molecular weight is 303 g/mol. The predicted molar refractivity (Wildman–Crippen MR) is 82.6 cm³/mol. The maximum Gasteiger partial charge on any atom is 0.118 e. The molecule has 0 amide bonds. The molecule has 3 rings (SSSR count). The maximum absolute atomic E-state index is 9.43. The van der Waals surface area contributed by atoms with Crippen molar-refractivity contribution in [3.05, 3.63) is 36.0 Å². The molecule has 0 aliphatic carbocycles. The molecule has 1 aromatic heterocycles. The van der Waals surface area contributed by atoms with Crippen LogP contribution in [0.3, 0.4) is 0 Å². The molecular formula is C16H21N3O3. The smallest absolute Gasteiger partial charge is 0.118 e. The fraction of sp³-hybridized carbons (Fsp3) is 0.438. The van der Waals surface area contributed by atoms with Gasteiger partial charge >= 0.3 is 0 Å². The van der Waals surface area contributed by atoms with Crippen LogP contribution >= 0.6 is 0 Å². The molecule has 6 nitrogen and oxygen atoms in total. The van der Waals surface area contributed by atoms with E-state index in [9.17, 15) is 5.11 Å². The van der Waals surface area contributed by atoms with Crippen molar-refractivity contribution in [2.45, 2.75) is 6.54 Å². The number of aromatic amines is 1. The van der Waals surface area contributed by atoms with Crippen LogP contribution in [0, 0.1) is 5.41 Å². The van der Waals surface area contributed by atoms with Crippen LogP contribution in [0.5, 0.6) is 5.75 Å². The van der Waals surface area contributed by atoms with E-state index >= 15 is 0 Å². The minimum absolute atomic E-state index is 0.121. The molecule has 1 aliphatic heterocycles. The first-order valence-electron chi connectivity index (χ1n) is 7.32. The van der Waals surface area contributed by atoms with E-state index < -0.39 is 0 Å². The molecule has 118 valence electrons. The van der Waals surface area contributed by atoms with Gasteiger partial charge in [-0.1, -0.05) is 0 Å². The lowest BCUT2D eigenvalue weighted by Crippen LogP contribution is -2.52. The summed E-state index contributed by atoms with van der Waals surface area (Å²) in [6.07, 6.45) is 1.83. The number of ether oxygens (including phenoxy) is 2. The first-order valence-corrected chi connectivity index (χ1v) is 7.32. The summed E-state index contributed by atoms with van der Waals surface area (Å²) in [5.74, 6) is 0.831. The van der Waals surface area contributed by atoms with E-state index in [-0.39, 0.29) is 12.0 Å². The Labute approximate surface area is 129 Å². The SMILES string of the molecule is COc1ccc(-c2[nH]ncc2CNCC2(CO)COC2)cc1. The van der Waals surface area contributed by atoms with Crippen molar-refractivity contribution < 1.29 is 14.6 Å². The minimum Gasteiger partial charge on any atom is -0.497 e. The first-order chi connectivity index (χ1) is 10.8. The summed E-state index contributed by atoms with van der Waals surface area (Å²) in [4.78, 5) is 0. The Morgan fingerprint density at radius 3 is 2.73 bits per heavy atom. The summed E-state index contributed by atoms with van der Waals surface area (Å²) in [5.41, 5.74) is 3.04. The predicted octanol–water partition coefficient (Wildman–Crippen LogP) is 1.18. The van der Waals surface area contributed by atoms with Crippen LogP contribution in [0.1, 0.15) is 5.56 Å². The lowest BCUT2D eigenvalue weighted by molar-refractivity contribution is -0.134. The number of hydrogen-bond acceptors (Lipinski definition) is 5. The number of methoxy groups -OCH3 is 1. The van der Waals surface area contributed by atoms with Crippen LogP contribution in [-0.4, -0.2) is 48.8 Å². The number of aliphatic hydroxyl groups is 1. The third-order valence-corrected chi connectivity index (χ3v) is 4.06. The molecule has 6 heteroatoms. The van der Waals surface area contributed by atoms with Crippen molar-refractivity contribution in [1.82, 2.24) is 15.5 Å². The van der Waals surface area contributed by atoms with Gasteiger partial charge in [0.2, 0.25) is 0 Å². The van der Waals surface area contributed by atoms with Crippen LogP contribution < -0.4 is 10.1 Å². The Morgan fingerprint density at radius 2 is 2.14 bits per heavy atom. The van der Waals surface area contributed by atoms with E-state index in [1.54, 1.807) is 7.11 Å². The molecule has 1 aliphatic rings. The minimum atomic E-state index is -0.121. The van der Waals surface area contributed by atoms with Gasteiger partial charge in [0.1, 0.15) is 5.75 Å². The number of H-pyrrole nitrogens is 1. The van der Waals surface area contributed by atoms with Gasteiger partial charge in [0.05, 0.1) is 44.2 Å². The summed E-state index contributed by atoms with van der Waals surface area (Å²) in [6.45, 7) is 2.81. The maximum atomic E-state index is 9.43. The molecule has 1 aromatic carbocycles. The Bertz CT molecular complexity index is 600. The van der Waals surface area contributed by atoms with E-state index in [4.69, 9.17) is 9.47 Å². The van der Waals surface area contributed by atoms with E-state index in [2.05, 4.69) is 15.5 Å². The second-order valence-corrected chi connectivity index (χ2v) is 5.75. The highest BCUT2D eigenvalue weighted by Gasteiger charge is 2.37. The molecule has 1 saturated heterocycles. The number of aromatic nitrogens is 2. The van der Waals surface area contributed by atoms with Crippen molar-refractivity contribution >= 4 is 0 Å². The molecule has 2 heterocycles. The zero-order valence-corrected chi connectivity index (χ0v) is 12.6. The summed E-state index contributed by atoms with van der Waals surface area (Å²) >= 11 is 0. The lowest BCUT2D eigenvalue weighted by Gasteiger charge is -2.40. The molecule has 0 bridgehead atoms. The Morgan fingerprint density at radius 1 is 1.36 bits per heavy atom. The molecule has 2 aromatic rings.